The molecule has 2 rings (SSSR count). The van der Waals surface area contributed by atoms with Crippen molar-refractivity contribution in [3.8, 4) is 5.75 Å². The van der Waals surface area contributed by atoms with Crippen molar-refractivity contribution in [2.24, 2.45) is 0 Å². The van der Waals surface area contributed by atoms with E-state index in [1.807, 2.05) is 57.2 Å². The summed E-state index contributed by atoms with van der Waals surface area (Å²) in [6.45, 7) is 5.87. The zero-order valence-corrected chi connectivity index (χ0v) is 13.4. The van der Waals surface area contributed by atoms with E-state index in [1.54, 1.807) is 6.07 Å². The molecule has 0 bridgehead atoms. The highest BCUT2D eigenvalue weighted by Gasteiger charge is 2.17. The first-order valence-electron chi connectivity index (χ1n) is 6.55. The normalized spacial score (nSPS) is 10.7. The minimum absolute atomic E-state index is 0.0307. The van der Waals surface area contributed by atoms with E-state index in [9.17, 15) is 4.79 Å². The Kier molecular flexibility index (Phi) is 4.61. The van der Waals surface area contributed by atoms with Crippen molar-refractivity contribution in [3.05, 3.63) is 63.6 Å². The number of hydrogen-bond acceptors (Lipinski definition) is 2. The van der Waals surface area contributed by atoms with Gasteiger partial charge in [0.2, 0.25) is 0 Å². The average Bonchev–Trinajstić information content (AvgIpc) is 2.41. The molecule has 0 aliphatic carbocycles. The molecule has 3 heteroatoms. The standard InChI is InChI=1S/C17H17BrO2/c1-11(2)20-16-7-5-4-6-13(16)17(19)14-10-12(3)8-9-15(14)18/h4-11H,1-3H3. The van der Waals surface area contributed by atoms with Crippen LogP contribution >= 0.6 is 15.9 Å². The predicted octanol–water partition coefficient (Wildman–Crippen LogP) is 4.78. The Morgan fingerprint density at radius 1 is 1.10 bits per heavy atom. The molecular weight excluding hydrogens is 316 g/mol. The number of ketones is 1. The van der Waals surface area contributed by atoms with Crippen LogP contribution in [0.4, 0.5) is 0 Å². The van der Waals surface area contributed by atoms with Gasteiger partial charge in [-0.1, -0.05) is 39.7 Å². The SMILES string of the molecule is Cc1ccc(Br)c(C(=O)c2ccccc2OC(C)C)c1. The van der Waals surface area contributed by atoms with Crippen molar-refractivity contribution < 1.29 is 9.53 Å². The van der Waals surface area contributed by atoms with Crippen molar-refractivity contribution in [3.63, 3.8) is 0 Å². The van der Waals surface area contributed by atoms with Crippen LogP contribution in [0.1, 0.15) is 35.3 Å². The highest BCUT2D eigenvalue weighted by atomic mass is 79.9. The predicted molar refractivity (Wildman–Crippen MR) is 84.5 cm³/mol. The van der Waals surface area contributed by atoms with E-state index in [1.165, 1.54) is 0 Å². The van der Waals surface area contributed by atoms with Crippen LogP contribution in [-0.2, 0) is 0 Å². The van der Waals surface area contributed by atoms with Gasteiger partial charge < -0.3 is 4.74 Å². The molecule has 20 heavy (non-hydrogen) atoms. The topological polar surface area (TPSA) is 26.3 Å². The van der Waals surface area contributed by atoms with E-state index in [0.717, 1.165) is 10.0 Å². The number of benzene rings is 2. The van der Waals surface area contributed by atoms with Crippen LogP contribution in [0.2, 0.25) is 0 Å². The van der Waals surface area contributed by atoms with Crippen LogP contribution < -0.4 is 4.74 Å². The van der Waals surface area contributed by atoms with Crippen molar-refractivity contribution in [2.45, 2.75) is 26.9 Å². The second-order valence-corrected chi connectivity index (χ2v) is 5.83. The summed E-state index contributed by atoms with van der Waals surface area (Å²) in [6, 6.07) is 13.1. The van der Waals surface area contributed by atoms with Gasteiger partial charge in [-0.25, -0.2) is 0 Å². The lowest BCUT2D eigenvalue weighted by atomic mass is 10.0. The van der Waals surface area contributed by atoms with Crippen LogP contribution in [0.15, 0.2) is 46.9 Å². The summed E-state index contributed by atoms with van der Waals surface area (Å²) in [5, 5.41) is 0. The third kappa shape index (κ3) is 3.28. The minimum Gasteiger partial charge on any atom is -0.490 e. The molecule has 0 aliphatic heterocycles. The number of carbonyl (C=O) groups is 1. The molecule has 0 aliphatic rings. The zero-order valence-electron chi connectivity index (χ0n) is 11.8. The Morgan fingerprint density at radius 2 is 1.80 bits per heavy atom. The molecule has 0 saturated carbocycles. The molecule has 0 radical (unpaired) electrons. The lowest BCUT2D eigenvalue weighted by molar-refractivity contribution is 0.103. The maximum absolute atomic E-state index is 12.7. The lowest BCUT2D eigenvalue weighted by Crippen LogP contribution is -2.11. The Labute approximate surface area is 127 Å². The Bertz CT molecular complexity index is 633. The first kappa shape index (κ1) is 14.8. The molecule has 2 aromatic rings. The van der Waals surface area contributed by atoms with Gasteiger partial charge in [-0.3, -0.25) is 4.79 Å². The summed E-state index contributed by atoms with van der Waals surface area (Å²) in [4.78, 5) is 12.7. The van der Waals surface area contributed by atoms with Crippen LogP contribution in [0.25, 0.3) is 0 Å². The molecule has 0 aromatic heterocycles. The van der Waals surface area contributed by atoms with E-state index in [-0.39, 0.29) is 11.9 Å². The third-order valence-electron chi connectivity index (χ3n) is 2.86. The number of ether oxygens (including phenoxy) is 1. The van der Waals surface area contributed by atoms with E-state index in [4.69, 9.17) is 4.74 Å². The fourth-order valence-corrected chi connectivity index (χ4v) is 2.40. The molecule has 0 fully saturated rings. The molecule has 0 saturated heterocycles. The lowest BCUT2D eigenvalue weighted by Gasteiger charge is -2.14. The summed E-state index contributed by atoms with van der Waals surface area (Å²) in [6.07, 6.45) is 0.0323. The zero-order chi connectivity index (χ0) is 14.7. The van der Waals surface area contributed by atoms with Gasteiger partial charge >= 0.3 is 0 Å². The molecule has 2 nitrogen and oxygen atoms in total. The van der Waals surface area contributed by atoms with Gasteiger partial charge in [0.15, 0.2) is 5.78 Å². The first-order valence-corrected chi connectivity index (χ1v) is 7.35. The molecule has 0 amide bonds. The number of carbonyl (C=O) groups excluding carboxylic acids is 1. The second-order valence-electron chi connectivity index (χ2n) is 4.98. The number of hydrogen-bond donors (Lipinski definition) is 0. The quantitative estimate of drug-likeness (QED) is 0.753. The van der Waals surface area contributed by atoms with E-state index < -0.39 is 0 Å². The van der Waals surface area contributed by atoms with Crippen LogP contribution in [-0.4, -0.2) is 11.9 Å². The maximum atomic E-state index is 12.7. The Balaban J connectivity index is 2.45. The second kappa shape index (κ2) is 6.23. The van der Waals surface area contributed by atoms with E-state index in [0.29, 0.717) is 16.9 Å². The molecule has 2 aromatic carbocycles. The average molecular weight is 333 g/mol. The van der Waals surface area contributed by atoms with Crippen molar-refractivity contribution in [2.75, 3.05) is 0 Å². The van der Waals surface area contributed by atoms with Crippen LogP contribution in [0.3, 0.4) is 0 Å². The summed E-state index contributed by atoms with van der Waals surface area (Å²) in [5.41, 5.74) is 2.30. The monoisotopic (exact) mass is 332 g/mol. The highest BCUT2D eigenvalue weighted by Crippen LogP contribution is 2.26. The molecular formula is C17H17BrO2. The minimum atomic E-state index is -0.0307. The first-order chi connectivity index (χ1) is 9.49. The summed E-state index contributed by atoms with van der Waals surface area (Å²) < 4.78 is 6.52. The van der Waals surface area contributed by atoms with Gasteiger partial charge in [0, 0.05) is 10.0 Å². The van der Waals surface area contributed by atoms with Gasteiger partial charge in [-0.05, 0) is 45.0 Å². The van der Waals surface area contributed by atoms with Crippen molar-refractivity contribution in [1.29, 1.82) is 0 Å². The van der Waals surface area contributed by atoms with Gasteiger partial charge in [0.1, 0.15) is 5.75 Å². The van der Waals surface area contributed by atoms with E-state index >= 15 is 0 Å². The van der Waals surface area contributed by atoms with Gasteiger partial charge in [0.25, 0.3) is 0 Å². The number of halogens is 1. The summed E-state index contributed by atoms with van der Waals surface area (Å²) in [7, 11) is 0. The fraction of sp³-hybridized carbons (Fsp3) is 0.235. The van der Waals surface area contributed by atoms with Crippen molar-refractivity contribution >= 4 is 21.7 Å². The van der Waals surface area contributed by atoms with Gasteiger partial charge in [-0.2, -0.15) is 0 Å². The van der Waals surface area contributed by atoms with E-state index in [2.05, 4.69) is 15.9 Å². The molecule has 0 N–H and O–H groups in total. The number of para-hydroxylation sites is 1. The molecule has 104 valence electrons. The largest absolute Gasteiger partial charge is 0.490 e. The Morgan fingerprint density at radius 3 is 2.50 bits per heavy atom. The van der Waals surface area contributed by atoms with Crippen molar-refractivity contribution in [1.82, 2.24) is 0 Å². The molecule has 0 atom stereocenters. The number of aryl methyl sites for hydroxylation is 1. The number of rotatable bonds is 4. The molecule has 0 spiro atoms. The maximum Gasteiger partial charge on any atom is 0.197 e. The van der Waals surface area contributed by atoms with Crippen LogP contribution in [0, 0.1) is 6.92 Å². The van der Waals surface area contributed by atoms with Gasteiger partial charge in [-0.15, -0.1) is 0 Å². The van der Waals surface area contributed by atoms with Crippen LogP contribution in [0.5, 0.6) is 5.75 Å². The van der Waals surface area contributed by atoms with Gasteiger partial charge in [0.05, 0.1) is 11.7 Å². The molecule has 0 heterocycles. The Hall–Kier alpha value is -1.61. The highest BCUT2D eigenvalue weighted by molar-refractivity contribution is 9.10. The summed E-state index contributed by atoms with van der Waals surface area (Å²) >= 11 is 3.44. The smallest absolute Gasteiger partial charge is 0.197 e. The third-order valence-corrected chi connectivity index (χ3v) is 3.55. The summed E-state index contributed by atoms with van der Waals surface area (Å²) in [5.74, 6) is 0.595. The molecule has 0 unspecified atom stereocenters. The fourth-order valence-electron chi connectivity index (χ4n) is 1.97.